The molecule has 0 heterocycles. The second-order valence-corrected chi connectivity index (χ2v) is 4.74. The van der Waals surface area contributed by atoms with Crippen molar-refractivity contribution in [1.82, 2.24) is 4.90 Å². The number of allylic oxidation sites excluding steroid dienone is 5. The van der Waals surface area contributed by atoms with Gasteiger partial charge >= 0.3 is 0 Å². The average Bonchev–Trinajstić information content (AvgIpc) is 2.61. The zero-order valence-corrected chi connectivity index (χ0v) is 16.9. The maximum absolute atomic E-state index is 3.92. The van der Waals surface area contributed by atoms with E-state index in [9.17, 15) is 0 Å². The fraction of sp³-hybridized carbons (Fsp3) is 0.545. The first-order chi connectivity index (χ1) is 11.2. The predicted octanol–water partition coefficient (Wildman–Crippen LogP) is 6.96. The fourth-order valence-corrected chi connectivity index (χ4v) is 2.40. The van der Waals surface area contributed by atoms with E-state index in [-0.39, 0.29) is 0 Å². The molecule has 0 unspecified atom stereocenters. The van der Waals surface area contributed by atoms with Gasteiger partial charge in [0.1, 0.15) is 0 Å². The highest BCUT2D eigenvalue weighted by Crippen LogP contribution is 2.21. The van der Waals surface area contributed by atoms with Crippen LogP contribution in [-0.2, 0) is 0 Å². The van der Waals surface area contributed by atoms with Gasteiger partial charge in [-0.1, -0.05) is 58.6 Å². The highest BCUT2D eigenvalue weighted by atomic mass is 15.1. The molecule has 23 heavy (non-hydrogen) atoms. The van der Waals surface area contributed by atoms with Crippen molar-refractivity contribution in [3.8, 4) is 0 Å². The van der Waals surface area contributed by atoms with Gasteiger partial charge in [-0.25, -0.2) is 0 Å². The van der Waals surface area contributed by atoms with Gasteiger partial charge in [-0.3, -0.25) is 4.90 Å². The van der Waals surface area contributed by atoms with Crippen molar-refractivity contribution in [3.05, 3.63) is 60.8 Å². The van der Waals surface area contributed by atoms with Crippen LogP contribution < -0.4 is 0 Å². The summed E-state index contributed by atoms with van der Waals surface area (Å²) < 4.78 is 0. The third-order valence-electron chi connectivity index (χ3n) is 3.30. The molecule has 0 aliphatic rings. The third kappa shape index (κ3) is 11.8. The summed E-state index contributed by atoms with van der Waals surface area (Å²) >= 11 is 0. The Kier molecular flexibility index (Phi) is 23.9. The molecule has 0 radical (unpaired) electrons. The molecule has 0 aliphatic heterocycles. The van der Waals surface area contributed by atoms with Gasteiger partial charge in [0.2, 0.25) is 0 Å². The summed E-state index contributed by atoms with van der Waals surface area (Å²) in [7, 11) is 0. The van der Waals surface area contributed by atoms with Gasteiger partial charge in [-0.2, -0.15) is 0 Å². The van der Waals surface area contributed by atoms with E-state index in [0.717, 1.165) is 6.54 Å². The Morgan fingerprint density at radius 2 is 1.35 bits per heavy atom. The Labute approximate surface area is 147 Å². The van der Waals surface area contributed by atoms with Gasteiger partial charge in [0.15, 0.2) is 0 Å². The molecule has 0 spiro atoms. The molecule has 1 nitrogen and oxygen atoms in total. The van der Waals surface area contributed by atoms with Crippen LogP contribution in [0.2, 0.25) is 0 Å². The molecule has 134 valence electrons. The minimum Gasteiger partial charge on any atom is -0.299 e. The predicted molar refractivity (Wildman–Crippen MR) is 111 cm³/mol. The van der Waals surface area contributed by atoms with Crippen LogP contribution in [0.1, 0.15) is 61.3 Å². The summed E-state index contributed by atoms with van der Waals surface area (Å²) in [6, 6.07) is 0. The minimum absolute atomic E-state index is 1.03. The Bertz CT molecular complexity index is 352. The molecule has 0 saturated carbocycles. The summed E-state index contributed by atoms with van der Waals surface area (Å²) in [6.45, 7) is 28.1. The van der Waals surface area contributed by atoms with E-state index in [4.69, 9.17) is 0 Å². The zero-order chi connectivity index (χ0) is 18.7. The van der Waals surface area contributed by atoms with Crippen molar-refractivity contribution < 1.29 is 0 Å². The van der Waals surface area contributed by atoms with Crippen molar-refractivity contribution in [2.45, 2.75) is 61.3 Å². The molecular weight excluding hydrogens is 278 g/mol. The first kappa shape index (κ1) is 26.6. The summed E-state index contributed by atoms with van der Waals surface area (Å²) in [4.78, 5) is 2.54. The summed E-state index contributed by atoms with van der Waals surface area (Å²) in [6.07, 6.45) is 10.9. The van der Waals surface area contributed by atoms with Crippen molar-refractivity contribution >= 4 is 0 Å². The smallest absolute Gasteiger partial charge is 0.0236 e. The minimum atomic E-state index is 1.03. The highest BCUT2D eigenvalue weighted by Gasteiger charge is 2.11. The lowest BCUT2D eigenvalue weighted by molar-refractivity contribution is 0.298. The Balaban J connectivity index is -0.000000919. The van der Waals surface area contributed by atoms with Crippen LogP contribution in [0.25, 0.3) is 0 Å². The maximum Gasteiger partial charge on any atom is 0.0236 e. The number of hydrogen-bond donors (Lipinski definition) is 0. The van der Waals surface area contributed by atoms with Gasteiger partial charge in [-0.05, 0) is 63.4 Å². The molecule has 0 aromatic heterocycles. The molecule has 0 fully saturated rings. The second kappa shape index (κ2) is 20.7. The molecule has 0 aromatic rings. The Morgan fingerprint density at radius 1 is 0.870 bits per heavy atom. The normalized spacial score (nSPS) is 12.1. The van der Waals surface area contributed by atoms with Gasteiger partial charge in [0.05, 0.1) is 0 Å². The number of rotatable bonds is 9. The first-order valence-corrected chi connectivity index (χ1v) is 9.01. The van der Waals surface area contributed by atoms with E-state index in [1.165, 1.54) is 42.7 Å². The molecule has 0 saturated heterocycles. The molecule has 0 aromatic carbocycles. The molecule has 0 rings (SSSR count). The molecule has 0 amide bonds. The van der Waals surface area contributed by atoms with E-state index in [2.05, 4.69) is 77.5 Å². The average molecular weight is 320 g/mol. The standard InChI is InChI=1S/C18H31N.C2H6.C2H4/c1-7-13-19(14-8-2)15-17(11-5)18(12-6)16(9-3)10-4;2*1-2/h9-12H,3,7-8,13-15H2,1-2,4-6H3;1-2H3;1-2H2/b16-10+,17-11-,18-12-;;. The zero-order valence-electron chi connectivity index (χ0n) is 16.9. The monoisotopic (exact) mass is 319 g/mol. The van der Waals surface area contributed by atoms with Gasteiger partial charge in [0.25, 0.3) is 0 Å². The third-order valence-corrected chi connectivity index (χ3v) is 3.30. The Hall–Kier alpha value is -1.34. The van der Waals surface area contributed by atoms with E-state index in [1.54, 1.807) is 0 Å². The van der Waals surface area contributed by atoms with Crippen LogP contribution >= 0.6 is 0 Å². The second-order valence-electron chi connectivity index (χ2n) is 4.74. The van der Waals surface area contributed by atoms with E-state index in [0.29, 0.717) is 0 Å². The van der Waals surface area contributed by atoms with Crippen molar-refractivity contribution in [2.75, 3.05) is 19.6 Å². The van der Waals surface area contributed by atoms with Crippen LogP contribution in [0.3, 0.4) is 0 Å². The number of hydrogen-bond acceptors (Lipinski definition) is 1. The molecule has 0 bridgehead atoms. The summed E-state index contributed by atoms with van der Waals surface area (Å²) in [5.41, 5.74) is 3.94. The van der Waals surface area contributed by atoms with E-state index >= 15 is 0 Å². The summed E-state index contributed by atoms with van der Waals surface area (Å²) in [5.74, 6) is 0. The lowest BCUT2D eigenvalue weighted by Gasteiger charge is -2.24. The van der Waals surface area contributed by atoms with Crippen LogP contribution in [0.5, 0.6) is 0 Å². The Morgan fingerprint density at radius 3 is 1.61 bits per heavy atom. The molecule has 0 atom stereocenters. The van der Waals surface area contributed by atoms with E-state index in [1.807, 2.05) is 19.9 Å². The van der Waals surface area contributed by atoms with Crippen molar-refractivity contribution in [3.63, 3.8) is 0 Å². The van der Waals surface area contributed by atoms with Crippen LogP contribution in [0.4, 0.5) is 0 Å². The van der Waals surface area contributed by atoms with Gasteiger partial charge in [0, 0.05) is 6.54 Å². The molecular formula is C22H41N. The number of nitrogens with zero attached hydrogens (tertiary/aromatic N) is 1. The van der Waals surface area contributed by atoms with E-state index < -0.39 is 0 Å². The van der Waals surface area contributed by atoms with Crippen LogP contribution in [0, 0.1) is 0 Å². The van der Waals surface area contributed by atoms with Crippen molar-refractivity contribution in [2.24, 2.45) is 0 Å². The largest absolute Gasteiger partial charge is 0.299 e. The van der Waals surface area contributed by atoms with Gasteiger partial charge in [-0.15, -0.1) is 13.2 Å². The lowest BCUT2D eigenvalue weighted by Crippen LogP contribution is -2.28. The molecule has 0 aliphatic carbocycles. The first-order valence-electron chi connectivity index (χ1n) is 9.01. The lowest BCUT2D eigenvalue weighted by atomic mass is 9.96. The quantitative estimate of drug-likeness (QED) is 0.328. The molecule has 0 N–H and O–H groups in total. The SMILES string of the molecule is C=C.C=CC(=C\C)/C(=C/C)C(=C\C)/CN(CCC)CCC.CC. The highest BCUT2D eigenvalue weighted by molar-refractivity contribution is 5.51. The van der Waals surface area contributed by atoms with Gasteiger partial charge < -0.3 is 0 Å². The van der Waals surface area contributed by atoms with Crippen LogP contribution in [0.15, 0.2) is 60.8 Å². The maximum atomic E-state index is 3.92. The fourth-order valence-electron chi connectivity index (χ4n) is 2.40. The van der Waals surface area contributed by atoms with Crippen molar-refractivity contribution in [1.29, 1.82) is 0 Å². The van der Waals surface area contributed by atoms with Crippen LogP contribution in [-0.4, -0.2) is 24.5 Å². The molecule has 1 heteroatoms. The topological polar surface area (TPSA) is 3.24 Å². The summed E-state index contributed by atoms with van der Waals surface area (Å²) in [5, 5.41) is 0.